The molecule has 168 valence electrons. The smallest absolute Gasteiger partial charge is 0.407 e. The van der Waals surface area contributed by atoms with Gasteiger partial charge in [-0.05, 0) is 40.5 Å². The van der Waals surface area contributed by atoms with E-state index in [4.69, 9.17) is 9.84 Å². The van der Waals surface area contributed by atoms with Crippen LogP contribution in [-0.2, 0) is 14.3 Å². The largest absolute Gasteiger partial charge is 0.481 e. The van der Waals surface area contributed by atoms with E-state index < -0.39 is 30.4 Å². The summed E-state index contributed by atoms with van der Waals surface area (Å²) in [4.78, 5) is 36.2. The first-order valence-electron chi connectivity index (χ1n) is 11.1. The topological polar surface area (TPSA) is 105 Å². The van der Waals surface area contributed by atoms with Crippen molar-refractivity contribution >= 4 is 18.0 Å². The van der Waals surface area contributed by atoms with E-state index in [9.17, 15) is 14.4 Å². The van der Waals surface area contributed by atoms with Crippen LogP contribution < -0.4 is 10.6 Å². The minimum atomic E-state index is -1.18. The predicted octanol–water partition coefficient (Wildman–Crippen LogP) is 3.53. The Morgan fingerprint density at radius 2 is 1.66 bits per heavy atom. The second-order valence-corrected chi connectivity index (χ2v) is 8.53. The Labute approximate surface area is 187 Å². The predicted molar refractivity (Wildman–Crippen MR) is 119 cm³/mol. The molecule has 2 aromatic carbocycles. The molecule has 4 rings (SSSR count). The van der Waals surface area contributed by atoms with Crippen molar-refractivity contribution in [3.8, 4) is 11.1 Å². The van der Waals surface area contributed by atoms with E-state index in [0.717, 1.165) is 35.1 Å². The number of ether oxygens (including phenoxy) is 1. The van der Waals surface area contributed by atoms with Crippen molar-refractivity contribution in [3.05, 3.63) is 59.7 Å². The second kappa shape index (κ2) is 9.42. The molecule has 2 amide bonds. The monoisotopic (exact) mass is 436 g/mol. The van der Waals surface area contributed by atoms with Crippen molar-refractivity contribution in [2.75, 3.05) is 13.2 Å². The van der Waals surface area contributed by atoms with Gasteiger partial charge in [0.15, 0.2) is 0 Å². The summed E-state index contributed by atoms with van der Waals surface area (Å²) in [5.74, 6) is -0.724. The van der Waals surface area contributed by atoms with Crippen LogP contribution in [0.15, 0.2) is 48.5 Å². The maximum Gasteiger partial charge on any atom is 0.407 e. The number of carbonyl (C=O) groups is 3. The van der Waals surface area contributed by atoms with Crippen molar-refractivity contribution in [3.63, 3.8) is 0 Å². The lowest BCUT2D eigenvalue weighted by Crippen LogP contribution is -2.48. The number of carbonyl (C=O) groups excluding carboxylic acids is 2. The van der Waals surface area contributed by atoms with Crippen LogP contribution in [0.3, 0.4) is 0 Å². The molecule has 0 aliphatic heterocycles. The number of hydrogen-bond acceptors (Lipinski definition) is 4. The zero-order valence-electron chi connectivity index (χ0n) is 18.0. The molecule has 3 atom stereocenters. The molecule has 2 aromatic rings. The van der Waals surface area contributed by atoms with E-state index in [1.54, 1.807) is 0 Å². The standard InChI is InChI=1S/C25H28N2O5/c1-2-15-11-16(15)13-26-24(30)22(12-23(28)29)27-25(31)32-14-21-19-9-5-3-7-17(19)18-8-4-6-10-20(18)21/h3-10,15-16,21-22H,2,11-14H2,1H3,(H,26,30)(H,27,31)(H,28,29). The molecule has 2 aliphatic carbocycles. The van der Waals surface area contributed by atoms with Crippen LogP contribution in [0, 0.1) is 11.8 Å². The van der Waals surface area contributed by atoms with E-state index in [1.807, 2.05) is 48.5 Å². The molecule has 7 nitrogen and oxygen atoms in total. The third-order valence-corrected chi connectivity index (χ3v) is 6.46. The van der Waals surface area contributed by atoms with E-state index in [1.165, 1.54) is 0 Å². The molecular weight excluding hydrogens is 408 g/mol. The summed E-state index contributed by atoms with van der Waals surface area (Å²) >= 11 is 0. The van der Waals surface area contributed by atoms with Gasteiger partial charge in [0.05, 0.1) is 6.42 Å². The van der Waals surface area contributed by atoms with E-state index in [0.29, 0.717) is 18.4 Å². The first-order valence-corrected chi connectivity index (χ1v) is 11.1. The SMILES string of the molecule is CCC1CC1CNC(=O)C(CC(=O)O)NC(=O)OCC1c2ccccc2-c2ccccc21. The fraction of sp³-hybridized carbons (Fsp3) is 0.400. The fourth-order valence-corrected chi connectivity index (χ4v) is 4.58. The Morgan fingerprint density at radius 1 is 1.03 bits per heavy atom. The van der Waals surface area contributed by atoms with E-state index in [2.05, 4.69) is 17.6 Å². The van der Waals surface area contributed by atoms with Crippen LogP contribution in [0.1, 0.15) is 43.2 Å². The number of carboxylic acid groups (broad SMARTS) is 1. The van der Waals surface area contributed by atoms with Gasteiger partial charge < -0.3 is 20.5 Å². The molecule has 3 unspecified atom stereocenters. The number of hydrogen-bond donors (Lipinski definition) is 3. The number of benzene rings is 2. The van der Waals surface area contributed by atoms with Crippen molar-refractivity contribution in [2.24, 2.45) is 11.8 Å². The maximum atomic E-state index is 12.5. The van der Waals surface area contributed by atoms with Gasteiger partial charge in [-0.15, -0.1) is 0 Å². The summed E-state index contributed by atoms with van der Waals surface area (Å²) in [6.07, 6.45) is 0.834. The van der Waals surface area contributed by atoms with Gasteiger partial charge in [-0.3, -0.25) is 9.59 Å². The van der Waals surface area contributed by atoms with Gasteiger partial charge in [0.25, 0.3) is 0 Å². The lowest BCUT2D eigenvalue weighted by molar-refractivity contribution is -0.139. The van der Waals surface area contributed by atoms with Gasteiger partial charge in [0.1, 0.15) is 12.6 Å². The normalized spacial score (nSPS) is 19.4. The summed E-state index contributed by atoms with van der Waals surface area (Å²) in [6, 6.07) is 14.8. The lowest BCUT2D eigenvalue weighted by atomic mass is 9.98. The number of amides is 2. The van der Waals surface area contributed by atoms with Crippen molar-refractivity contribution in [1.82, 2.24) is 10.6 Å². The number of nitrogens with one attached hydrogen (secondary N) is 2. The quantitative estimate of drug-likeness (QED) is 0.558. The van der Waals surface area contributed by atoms with Crippen LogP contribution in [0.25, 0.3) is 11.1 Å². The van der Waals surface area contributed by atoms with Gasteiger partial charge in [0, 0.05) is 12.5 Å². The van der Waals surface area contributed by atoms with Crippen molar-refractivity contribution < 1.29 is 24.2 Å². The molecule has 0 spiro atoms. The van der Waals surface area contributed by atoms with Gasteiger partial charge in [-0.25, -0.2) is 4.79 Å². The molecule has 1 saturated carbocycles. The Kier molecular flexibility index (Phi) is 6.44. The third kappa shape index (κ3) is 4.77. The molecule has 2 aliphatic rings. The van der Waals surface area contributed by atoms with Gasteiger partial charge in [-0.1, -0.05) is 61.9 Å². The third-order valence-electron chi connectivity index (χ3n) is 6.46. The van der Waals surface area contributed by atoms with Gasteiger partial charge in [-0.2, -0.15) is 0 Å². The van der Waals surface area contributed by atoms with Crippen LogP contribution in [0.5, 0.6) is 0 Å². The van der Waals surface area contributed by atoms with Crippen LogP contribution in [0.4, 0.5) is 4.79 Å². The van der Waals surface area contributed by atoms with Gasteiger partial charge >= 0.3 is 12.1 Å². The first-order chi connectivity index (χ1) is 15.5. The lowest BCUT2D eigenvalue weighted by Gasteiger charge is -2.18. The summed E-state index contributed by atoms with van der Waals surface area (Å²) in [6.45, 7) is 2.71. The highest BCUT2D eigenvalue weighted by Crippen LogP contribution is 2.44. The minimum absolute atomic E-state index is 0.0987. The average molecular weight is 437 g/mol. The maximum absolute atomic E-state index is 12.5. The molecule has 0 aromatic heterocycles. The highest BCUT2D eigenvalue weighted by atomic mass is 16.5. The summed E-state index contributed by atoms with van der Waals surface area (Å²) in [5.41, 5.74) is 4.39. The van der Waals surface area contributed by atoms with Crippen LogP contribution in [0.2, 0.25) is 0 Å². The van der Waals surface area contributed by atoms with Gasteiger partial charge in [0.2, 0.25) is 5.91 Å². The summed E-state index contributed by atoms with van der Waals surface area (Å²) in [5, 5.41) is 14.4. The Bertz CT molecular complexity index is 975. The molecule has 3 N–H and O–H groups in total. The molecule has 32 heavy (non-hydrogen) atoms. The first kappa shape index (κ1) is 21.9. The molecule has 7 heteroatoms. The number of carboxylic acids is 1. The fourth-order valence-electron chi connectivity index (χ4n) is 4.58. The van der Waals surface area contributed by atoms with Crippen LogP contribution >= 0.6 is 0 Å². The van der Waals surface area contributed by atoms with Crippen LogP contribution in [-0.4, -0.2) is 42.3 Å². The van der Waals surface area contributed by atoms with E-state index >= 15 is 0 Å². The highest BCUT2D eigenvalue weighted by molar-refractivity contribution is 5.89. The minimum Gasteiger partial charge on any atom is -0.481 e. The number of aliphatic carboxylic acids is 1. The molecule has 0 radical (unpaired) electrons. The second-order valence-electron chi connectivity index (χ2n) is 8.53. The molecule has 0 heterocycles. The molecule has 1 fully saturated rings. The Morgan fingerprint density at radius 3 is 2.22 bits per heavy atom. The average Bonchev–Trinajstić information content (AvgIpc) is 3.49. The Hall–Kier alpha value is -3.35. The highest BCUT2D eigenvalue weighted by Gasteiger charge is 2.36. The summed E-state index contributed by atoms with van der Waals surface area (Å²) < 4.78 is 5.45. The van der Waals surface area contributed by atoms with Crippen molar-refractivity contribution in [1.29, 1.82) is 0 Å². The zero-order chi connectivity index (χ0) is 22.7. The summed E-state index contributed by atoms with van der Waals surface area (Å²) in [7, 11) is 0. The Balaban J connectivity index is 1.36. The molecular formula is C25H28N2O5. The number of alkyl carbamates (subject to hydrolysis) is 1. The number of rotatable bonds is 9. The molecule has 0 saturated heterocycles. The molecule has 0 bridgehead atoms. The van der Waals surface area contributed by atoms with E-state index in [-0.39, 0.29) is 12.5 Å². The van der Waals surface area contributed by atoms with Crippen molar-refractivity contribution in [2.45, 2.75) is 38.1 Å². The zero-order valence-corrected chi connectivity index (χ0v) is 18.0. The number of fused-ring (bicyclic) bond motifs is 3.